The fourth-order valence-corrected chi connectivity index (χ4v) is 4.22. The van der Waals surface area contributed by atoms with Gasteiger partial charge in [0.25, 0.3) is 5.91 Å². The van der Waals surface area contributed by atoms with Gasteiger partial charge < -0.3 is 10.1 Å². The van der Waals surface area contributed by atoms with Crippen LogP contribution >= 0.6 is 34.8 Å². The molecule has 0 saturated heterocycles. The van der Waals surface area contributed by atoms with Crippen molar-refractivity contribution in [2.24, 2.45) is 0 Å². The zero-order chi connectivity index (χ0) is 24.2. The first-order valence-electron chi connectivity index (χ1n) is 10.6. The third kappa shape index (κ3) is 5.55. The average Bonchev–Trinajstić information content (AvgIpc) is 3.07. The van der Waals surface area contributed by atoms with E-state index in [-0.39, 0.29) is 12.5 Å². The molecule has 4 aromatic rings. The highest BCUT2D eigenvalue weighted by Crippen LogP contribution is 2.28. The number of rotatable bonds is 7. The van der Waals surface area contributed by atoms with E-state index in [9.17, 15) is 4.79 Å². The van der Waals surface area contributed by atoms with Gasteiger partial charge in [-0.25, -0.2) is 0 Å². The zero-order valence-corrected chi connectivity index (χ0v) is 20.9. The summed E-state index contributed by atoms with van der Waals surface area (Å²) in [5.41, 5.74) is 4.58. The summed E-state index contributed by atoms with van der Waals surface area (Å²) in [5.74, 6) is 0.299. The van der Waals surface area contributed by atoms with Crippen molar-refractivity contribution in [3.8, 4) is 5.75 Å². The van der Waals surface area contributed by atoms with Gasteiger partial charge in [0.2, 0.25) is 0 Å². The first kappa shape index (κ1) is 24.1. The van der Waals surface area contributed by atoms with Crippen LogP contribution in [-0.4, -0.2) is 15.7 Å². The van der Waals surface area contributed by atoms with Crippen LogP contribution < -0.4 is 10.1 Å². The van der Waals surface area contributed by atoms with Gasteiger partial charge in [0.15, 0.2) is 0 Å². The van der Waals surface area contributed by atoms with Gasteiger partial charge >= 0.3 is 0 Å². The minimum atomic E-state index is -0.227. The summed E-state index contributed by atoms with van der Waals surface area (Å²) in [7, 11) is 0. The van der Waals surface area contributed by atoms with Crippen molar-refractivity contribution < 1.29 is 9.53 Å². The van der Waals surface area contributed by atoms with Crippen molar-refractivity contribution in [1.29, 1.82) is 0 Å². The Morgan fingerprint density at radius 3 is 2.53 bits per heavy atom. The predicted octanol–water partition coefficient (Wildman–Crippen LogP) is 7.34. The number of halogens is 3. The van der Waals surface area contributed by atoms with Crippen LogP contribution in [0.4, 0.5) is 5.69 Å². The Morgan fingerprint density at radius 1 is 0.971 bits per heavy atom. The maximum absolute atomic E-state index is 13.0. The van der Waals surface area contributed by atoms with Crippen LogP contribution in [0.2, 0.25) is 15.1 Å². The number of hydrogen-bond acceptors (Lipinski definition) is 3. The Hall–Kier alpha value is -2.99. The highest BCUT2D eigenvalue weighted by atomic mass is 35.5. The highest BCUT2D eigenvalue weighted by Gasteiger charge is 2.16. The third-order valence-corrected chi connectivity index (χ3v) is 6.27. The molecular formula is C26H22Cl3N3O2. The number of amides is 1. The summed E-state index contributed by atoms with van der Waals surface area (Å²) in [4.78, 5) is 13.0. The van der Waals surface area contributed by atoms with Crippen molar-refractivity contribution in [3.63, 3.8) is 0 Å². The number of ether oxygens (including phenoxy) is 1. The first-order valence-corrected chi connectivity index (χ1v) is 11.7. The van der Waals surface area contributed by atoms with Gasteiger partial charge in [0.05, 0.1) is 28.6 Å². The van der Waals surface area contributed by atoms with E-state index in [4.69, 9.17) is 39.5 Å². The van der Waals surface area contributed by atoms with E-state index in [1.54, 1.807) is 30.3 Å². The second-order valence-corrected chi connectivity index (χ2v) is 9.06. The number of aromatic nitrogens is 2. The number of aryl methyl sites for hydroxylation is 1. The van der Waals surface area contributed by atoms with E-state index in [1.807, 2.05) is 54.9 Å². The van der Waals surface area contributed by atoms with Crippen molar-refractivity contribution in [3.05, 3.63) is 110 Å². The summed E-state index contributed by atoms with van der Waals surface area (Å²) in [6.07, 6.45) is 0. The van der Waals surface area contributed by atoms with Gasteiger partial charge in [0.1, 0.15) is 12.4 Å². The third-order valence-electron chi connectivity index (χ3n) is 5.38. The number of benzene rings is 3. The fourth-order valence-electron chi connectivity index (χ4n) is 3.56. The maximum Gasteiger partial charge on any atom is 0.255 e. The molecule has 34 heavy (non-hydrogen) atoms. The van der Waals surface area contributed by atoms with Gasteiger partial charge in [-0.1, -0.05) is 65.1 Å². The van der Waals surface area contributed by atoms with E-state index < -0.39 is 0 Å². The number of nitrogens with one attached hydrogen (secondary N) is 1. The molecule has 3 aromatic carbocycles. The van der Waals surface area contributed by atoms with Crippen LogP contribution in [0.25, 0.3) is 0 Å². The van der Waals surface area contributed by atoms with Gasteiger partial charge in [0, 0.05) is 15.6 Å². The molecule has 0 radical (unpaired) electrons. The van der Waals surface area contributed by atoms with E-state index in [0.717, 1.165) is 22.5 Å². The first-order chi connectivity index (χ1) is 16.3. The molecule has 174 valence electrons. The van der Waals surface area contributed by atoms with E-state index >= 15 is 0 Å². The molecule has 8 heteroatoms. The minimum Gasteiger partial charge on any atom is -0.487 e. The summed E-state index contributed by atoms with van der Waals surface area (Å²) in [6, 6.07) is 19.9. The molecule has 1 heterocycles. The lowest BCUT2D eigenvalue weighted by Crippen LogP contribution is -2.14. The molecule has 1 aromatic heterocycles. The average molecular weight is 515 g/mol. The van der Waals surface area contributed by atoms with Crippen molar-refractivity contribution in [2.45, 2.75) is 27.0 Å². The van der Waals surface area contributed by atoms with Crippen LogP contribution in [0, 0.1) is 13.8 Å². The van der Waals surface area contributed by atoms with Crippen molar-refractivity contribution in [1.82, 2.24) is 9.78 Å². The van der Waals surface area contributed by atoms with Gasteiger partial charge in [-0.2, -0.15) is 5.10 Å². The van der Waals surface area contributed by atoms with Gasteiger partial charge in [-0.05, 0) is 61.4 Å². The Labute approximate surface area is 213 Å². The lowest BCUT2D eigenvalue weighted by atomic mass is 10.1. The Balaban J connectivity index is 1.47. The number of carbonyl (C=O) groups is 1. The van der Waals surface area contributed by atoms with Gasteiger partial charge in [-0.3, -0.25) is 9.48 Å². The molecule has 0 spiro atoms. The van der Waals surface area contributed by atoms with Crippen LogP contribution in [0.1, 0.15) is 32.9 Å². The van der Waals surface area contributed by atoms with Crippen LogP contribution in [-0.2, 0) is 13.2 Å². The normalized spacial score (nSPS) is 10.9. The Morgan fingerprint density at radius 2 is 1.76 bits per heavy atom. The smallest absolute Gasteiger partial charge is 0.255 e. The molecule has 0 aliphatic heterocycles. The molecule has 0 saturated carbocycles. The van der Waals surface area contributed by atoms with E-state index in [0.29, 0.717) is 38.6 Å². The summed E-state index contributed by atoms with van der Waals surface area (Å²) >= 11 is 18.4. The lowest BCUT2D eigenvalue weighted by Gasteiger charge is -2.10. The topological polar surface area (TPSA) is 56.2 Å². The molecule has 0 fully saturated rings. The number of hydrogen-bond donors (Lipinski definition) is 1. The summed E-state index contributed by atoms with van der Waals surface area (Å²) < 4.78 is 7.63. The molecule has 0 bridgehead atoms. The monoisotopic (exact) mass is 513 g/mol. The molecule has 4 rings (SSSR count). The van der Waals surface area contributed by atoms with Crippen LogP contribution in [0.3, 0.4) is 0 Å². The maximum atomic E-state index is 13.0. The second kappa shape index (κ2) is 10.5. The second-order valence-electron chi connectivity index (χ2n) is 7.81. The molecule has 0 aliphatic rings. The lowest BCUT2D eigenvalue weighted by molar-refractivity contribution is 0.102. The summed E-state index contributed by atoms with van der Waals surface area (Å²) in [6.45, 7) is 4.57. The Bertz CT molecular complexity index is 1350. The SMILES string of the molecule is Cc1nn(Cc2ccccc2Cl)c(C)c1NC(=O)c1cccc(COc2ccc(Cl)cc2Cl)c1. The molecule has 1 N–H and O–H groups in total. The van der Waals surface area contributed by atoms with Crippen molar-refractivity contribution >= 4 is 46.4 Å². The quantitative estimate of drug-likeness (QED) is 0.281. The molecule has 1 amide bonds. The predicted molar refractivity (Wildman–Crippen MR) is 137 cm³/mol. The van der Waals surface area contributed by atoms with E-state index in [2.05, 4.69) is 10.4 Å². The van der Waals surface area contributed by atoms with Crippen LogP contribution in [0.5, 0.6) is 5.75 Å². The molecular weight excluding hydrogens is 493 g/mol. The number of anilines is 1. The fraction of sp³-hybridized carbons (Fsp3) is 0.154. The van der Waals surface area contributed by atoms with Crippen molar-refractivity contribution in [2.75, 3.05) is 5.32 Å². The standard InChI is InChI=1S/C26H22Cl3N3O2/c1-16-25(17(2)32(31-16)14-20-7-3-4-9-22(20)28)30-26(33)19-8-5-6-18(12-19)15-34-24-11-10-21(27)13-23(24)29/h3-13H,14-15H2,1-2H3,(H,30,33). The van der Waals surface area contributed by atoms with Gasteiger partial charge in [-0.15, -0.1) is 0 Å². The van der Waals surface area contributed by atoms with E-state index in [1.165, 1.54) is 0 Å². The number of nitrogens with zero attached hydrogens (tertiary/aromatic N) is 2. The molecule has 0 aliphatic carbocycles. The Kier molecular flexibility index (Phi) is 7.47. The minimum absolute atomic E-state index is 0.227. The summed E-state index contributed by atoms with van der Waals surface area (Å²) in [5, 5.41) is 9.24. The molecule has 0 atom stereocenters. The zero-order valence-electron chi connectivity index (χ0n) is 18.6. The number of carbonyl (C=O) groups excluding carboxylic acids is 1. The highest BCUT2D eigenvalue weighted by molar-refractivity contribution is 6.35. The molecule has 0 unspecified atom stereocenters. The van der Waals surface area contributed by atoms with Crippen LogP contribution in [0.15, 0.2) is 66.7 Å². The largest absolute Gasteiger partial charge is 0.487 e. The molecule has 5 nitrogen and oxygen atoms in total.